The standard InChI is InChI=1S/C18H30N4O2/c1-3-4-9-22-16-8-10-20(12-15(16)5-6-17(22)23)18(24)13-21-11-7-14(2)19-21/h15-16H,3-13H2,1-2H3/t15-,16+/m0/s1. The lowest BCUT2D eigenvalue weighted by Crippen LogP contribution is -2.57. The van der Waals surface area contributed by atoms with Crippen LogP contribution in [0.1, 0.15) is 52.4 Å². The monoisotopic (exact) mass is 334 g/mol. The van der Waals surface area contributed by atoms with Crippen molar-refractivity contribution in [3.8, 4) is 0 Å². The van der Waals surface area contributed by atoms with Crippen molar-refractivity contribution in [2.24, 2.45) is 11.0 Å². The van der Waals surface area contributed by atoms with Crippen molar-refractivity contribution in [2.75, 3.05) is 32.7 Å². The highest BCUT2D eigenvalue weighted by Crippen LogP contribution is 2.31. The summed E-state index contributed by atoms with van der Waals surface area (Å²) in [6, 6.07) is 0.342. The number of nitrogens with zero attached hydrogens (tertiary/aromatic N) is 4. The first-order chi connectivity index (χ1) is 11.6. The number of rotatable bonds is 5. The second-order valence-electron chi connectivity index (χ2n) is 7.41. The van der Waals surface area contributed by atoms with Crippen LogP contribution in [0.3, 0.4) is 0 Å². The molecule has 0 radical (unpaired) electrons. The molecule has 0 aromatic carbocycles. The number of amides is 2. The lowest BCUT2D eigenvalue weighted by Gasteiger charge is -2.47. The van der Waals surface area contributed by atoms with E-state index in [0.717, 1.165) is 64.0 Å². The van der Waals surface area contributed by atoms with Crippen molar-refractivity contribution in [3.63, 3.8) is 0 Å². The van der Waals surface area contributed by atoms with Gasteiger partial charge in [-0.1, -0.05) is 13.3 Å². The number of fused-ring (bicyclic) bond motifs is 1. The summed E-state index contributed by atoms with van der Waals surface area (Å²) in [4.78, 5) is 28.9. The summed E-state index contributed by atoms with van der Waals surface area (Å²) in [6.07, 6.45) is 5.64. The van der Waals surface area contributed by atoms with Crippen molar-refractivity contribution in [2.45, 2.75) is 58.4 Å². The Morgan fingerprint density at radius 1 is 1.25 bits per heavy atom. The fraction of sp³-hybridized carbons (Fsp3) is 0.833. The van der Waals surface area contributed by atoms with Gasteiger partial charge < -0.3 is 9.80 Å². The Kier molecular flexibility index (Phi) is 5.41. The van der Waals surface area contributed by atoms with Crippen LogP contribution in [0.2, 0.25) is 0 Å². The van der Waals surface area contributed by atoms with Gasteiger partial charge in [0.05, 0.1) is 0 Å². The van der Waals surface area contributed by atoms with Crippen LogP contribution in [0.25, 0.3) is 0 Å². The van der Waals surface area contributed by atoms with Gasteiger partial charge in [-0.15, -0.1) is 0 Å². The molecule has 0 saturated carbocycles. The minimum atomic E-state index is 0.184. The zero-order chi connectivity index (χ0) is 17.1. The molecule has 6 heteroatoms. The van der Waals surface area contributed by atoms with Crippen LogP contribution in [0.4, 0.5) is 0 Å². The van der Waals surface area contributed by atoms with E-state index in [4.69, 9.17) is 0 Å². The van der Waals surface area contributed by atoms with E-state index in [2.05, 4.69) is 16.9 Å². The number of piperidine rings is 2. The molecule has 0 aromatic rings. The Labute approximate surface area is 144 Å². The lowest BCUT2D eigenvalue weighted by molar-refractivity contribution is -0.144. The van der Waals surface area contributed by atoms with Crippen LogP contribution in [0, 0.1) is 5.92 Å². The number of hydrogen-bond donors (Lipinski definition) is 0. The van der Waals surface area contributed by atoms with E-state index in [-0.39, 0.29) is 5.91 Å². The molecule has 3 aliphatic heterocycles. The smallest absolute Gasteiger partial charge is 0.243 e. The number of hydrazone groups is 1. The molecule has 0 N–H and O–H groups in total. The van der Waals surface area contributed by atoms with Crippen LogP contribution >= 0.6 is 0 Å². The molecule has 0 spiro atoms. The number of hydrogen-bond acceptors (Lipinski definition) is 4. The maximum Gasteiger partial charge on any atom is 0.243 e. The van der Waals surface area contributed by atoms with Crippen LogP contribution in [0.15, 0.2) is 5.10 Å². The highest BCUT2D eigenvalue weighted by atomic mass is 16.2. The van der Waals surface area contributed by atoms with Gasteiger partial charge in [-0.05, 0) is 32.1 Å². The molecular weight excluding hydrogens is 304 g/mol. The first-order valence-electron chi connectivity index (χ1n) is 9.44. The van der Waals surface area contributed by atoms with Crippen molar-refractivity contribution < 1.29 is 9.59 Å². The Morgan fingerprint density at radius 2 is 2.08 bits per heavy atom. The van der Waals surface area contributed by atoms with Gasteiger partial charge in [-0.3, -0.25) is 14.6 Å². The molecule has 2 saturated heterocycles. The summed E-state index contributed by atoms with van der Waals surface area (Å²) in [6.45, 7) is 7.88. The highest BCUT2D eigenvalue weighted by molar-refractivity contribution is 5.84. The third-order valence-electron chi connectivity index (χ3n) is 5.61. The van der Waals surface area contributed by atoms with Crippen LogP contribution in [0.5, 0.6) is 0 Å². The van der Waals surface area contributed by atoms with Crippen LogP contribution < -0.4 is 0 Å². The van der Waals surface area contributed by atoms with E-state index in [0.29, 0.717) is 30.8 Å². The number of likely N-dealkylation sites (tertiary alicyclic amines) is 2. The summed E-state index contributed by atoms with van der Waals surface area (Å²) < 4.78 is 0. The fourth-order valence-electron chi connectivity index (χ4n) is 4.20. The molecule has 2 atom stereocenters. The van der Waals surface area contributed by atoms with Crippen LogP contribution in [-0.2, 0) is 9.59 Å². The molecule has 3 rings (SSSR count). The number of carbonyl (C=O) groups is 2. The molecule has 3 heterocycles. The molecule has 0 aromatic heterocycles. The van der Waals surface area contributed by atoms with Crippen molar-refractivity contribution in [1.82, 2.24) is 14.8 Å². The predicted molar refractivity (Wildman–Crippen MR) is 93.6 cm³/mol. The number of unbranched alkanes of at least 4 members (excludes halogenated alkanes) is 1. The largest absolute Gasteiger partial charge is 0.341 e. The molecule has 2 fully saturated rings. The first kappa shape index (κ1) is 17.2. The van der Waals surface area contributed by atoms with Gasteiger partial charge in [-0.25, -0.2) is 0 Å². The Hall–Kier alpha value is -1.59. The van der Waals surface area contributed by atoms with Crippen molar-refractivity contribution in [3.05, 3.63) is 0 Å². The molecule has 134 valence electrons. The SMILES string of the molecule is CCCCN1C(=O)CC[C@H]2CN(C(=O)CN3CCC(C)=N3)CC[C@H]21. The van der Waals surface area contributed by atoms with Crippen molar-refractivity contribution >= 4 is 17.5 Å². The van der Waals surface area contributed by atoms with E-state index in [9.17, 15) is 9.59 Å². The Bertz CT molecular complexity index is 519. The zero-order valence-electron chi connectivity index (χ0n) is 15.0. The van der Waals surface area contributed by atoms with Gasteiger partial charge >= 0.3 is 0 Å². The molecule has 0 bridgehead atoms. The van der Waals surface area contributed by atoms with Gasteiger partial charge in [-0.2, -0.15) is 5.10 Å². The van der Waals surface area contributed by atoms with E-state index in [1.165, 1.54) is 0 Å². The maximum atomic E-state index is 12.6. The quantitative estimate of drug-likeness (QED) is 0.769. The van der Waals surface area contributed by atoms with E-state index >= 15 is 0 Å². The second-order valence-corrected chi connectivity index (χ2v) is 7.41. The van der Waals surface area contributed by atoms with Gasteiger partial charge in [0.1, 0.15) is 6.54 Å². The minimum Gasteiger partial charge on any atom is -0.341 e. The molecular formula is C18H30N4O2. The van der Waals surface area contributed by atoms with Crippen molar-refractivity contribution in [1.29, 1.82) is 0 Å². The Morgan fingerprint density at radius 3 is 2.79 bits per heavy atom. The average Bonchev–Trinajstić information content (AvgIpc) is 2.98. The summed E-state index contributed by atoms with van der Waals surface area (Å²) in [7, 11) is 0. The molecule has 2 amide bonds. The molecule has 24 heavy (non-hydrogen) atoms. The molecule has 0 aliphatic carbocycles. The average molecular weight is 334 g/mol. The summed E-state index contributed by atoms with van der Waals surface area (Å²) in [5, 5.41) is 6.30. The highest BCUT2D eigenvalue weighted by Gasteiger charge is 2.40. The topological polar surface area (TPSA) is 56.2 Å². The van der Waals surface area contributed by atoms with Crippen LogP contribution in [-0.4, -0.2) is 71.1 Å². The summed E-state index contributed by atoms with van der Waals surface area (Å²) in [5.41, 5.74) is 1.11. The predicted octanol–water partition coefficient (Wildman–Crippen LogP) is 1.71. The van der Waals surface area contributed by atoms with E-state index in [1.54, 1.807) is 0 Å². The molecule has 6 nitrogen and oxygen atoms in total. The first-order valence-corrected chi connectivity index (χ1v) is 9.44. The normalized spacial score (nSPS) is 27.3. The Balaban J connectivity index is 1.56. The maximum absolute atomic E-state index is 12.6. The third-order valence-corrected chi connectivity index (χ3v) is 5.61. The van der Waals surface area contributed by atoms with E-state index < -0.39 is 0 Å². The van der Waals surface area contributed by atoms with Gasteiger partial charge in [0.15, 0.2) is 0 Å². The zero-order valence-corrected chi connectivity index (χ0v) is 15.0. The third kappa shape index (κ3) is 3.73. The van der Waals surface area contributed by atoms with Gasteiger partial charge in [0.2, 0.25) is 11.8 Å². The van der Waals surface area contributed by atoms with E-state index in [1.807, 2.05) is 16.8 Å². The lowest BCUT2D eigenvalue weighted by atomic mass is 9.83. The van der Waals surface area contributed by atoms with Gasteiger partial charge in [0.25, 0.3) is 0 Å². The second kappa shape index (κ2) is 7.53. The van der Waals surface area contributed by atoms with Gasteiger partial charge in [0, 0.05) is 50.8 Å². The number of carbonyl (C=O) groups excluding carboxylic acids is 2. The minimum absolute atomic E-state index is 0.184. The molecule has 0 unspecified atom stereocenters. The fourth-order valence-corrected chi connectivity index (χ4v) is 4.20. The summed E-state index contributed by atoms with van der Waals surface area (Å²) >= 11 is 0. The summed E-state index contributed by atoms with van der Waals surface area (Å²) in [5.74, 6) is 0.941. The molecule has 3 aliphatic rings.